The fraction of sp³-hybridized carbons (Fsp3) is 0.649. The van der Waals surface area contributed by atoms with E-state index >= 15 is 0 Å². The summed E-state index contributed by atoms with van der Waals surface area (Å²) in [5.41, 5.74) is 0. The van der Waals surface area contributed by atoms with Gasteiger partial charge in [0.25, 0.3) is 0 Å². The maximum absolute atomic E-state index is 13.0. The number of ether oxygens (including phenoxy) is 4. The normalized spacial score (nSPS) is 13.6. The Morgan fingerprint density at radius 3 is 0.777 bits per heavy atom. The largest absolute Gasteiger partial charge is 0.545 e. The minimum Gasteiger partial charge on any atom is -0.545 e. The van der Waals surface area contributed by atoms with Gasteiger partial charge in [-0.15, -0.1) is 0 Å². The van der Waals surface area contributed by atoms with Crippen LogP contribution < -0.4 is 5.11 Å². The molecule has 9 heteroatoms. The van der Waals surface area contributed by atoms with Crippen LogP contribution in [0.5, 0.6) is 0 Å². The zero-order chi connectivity index (χ0) is 74.6. The Balaban J connectivity index is 4.06. The minimum absolute atomic E-state index is 0.138. The van der Waals surface area contributed by atoms with Crippen LogP contribution in [0.1, 0.15) is 335 Å². The van der Waals surface area contributed by atoms with E-state index in [2.05, 4.69) is 196 Å². The van der Waals surface area contributed by atoms with Crippen molar-refractivity contribution < 1.29 is 42.9 Å². The van der Waals surface area contributed by atoms with Gasteiger partial charge in [0.05, 0.1) is 40.3 Å². The molecule has 0 aliphatic rings. The number of carboxylic acids is 1. The van der Waals surface area contributed by atoms with E-state index in [1.54, 1.807) is 0 Å². The number of carbonyl (C=O) groups is 3. The van der Waals surface area contributed by atoms with Gasteiger partial charge in [0.15, 0.2) is 12.4 Å². The second kappa shape index (κ2) is 82.1. The Kier molecular flexibility index (Phi) is 77.6. The molecule has 0 aliphatic carbocycles. The molecule has 9 nitrogen and oxygen atoms in total. The Bertz CT molecular complexity index is 2360. The second-order valence-electron chi connectivity index (χ2n) is 28.7. The number of hydrogen-bond donors (Lipinski definition) is 0. The van der Waals surface area contributed by atoms with Crippen LogP contribution in [0.2, 0.25) is 0 Å². The maximum atomic E-state index is 13.0. The van der Waals surface area contributed by atoms with Crippen molar-refractivity contribution in [3.63, 3.8) is 0 Å². The van der Waals surface area contributed by atoms with Gasteiger partial charge in [0, 0.05) is 12.8 Å². The van der Waals surface area contributed by atoms with E-state index in [1.165, 1.54) is 148 Å². The third kappa shape index (κ3) is 83.5. The van der Waals surface area contributed by atoms with Crippen molar-refractivity contribution in [3.8, 4) is 0 Å². The Hall–Kier alpha value is -5.61. The smallest absolute Gasteiger partial charge is 0.306 e. The summed E-state index contributed by atoms with van der Waals surface area (Å²) in [4.78, 5) is 37.6. The second-order valence-corrected chi connectivity index (χ2v) is 28.7. The van der Waals surface area contributed by atoms with Gasteiger partial charge >= 0.3 is 11.9 Å². The van der Waals surface area contributed by atoms with E-state index < -0.39 is 24.3 Å². The summed E-state index contributed by atoms with van der Waals surface area (Å²) in [5.74, 6) is -2.30. The quantitative estimate of drug-likeness (QED) is 0.0195. The lowest BCUT2D eigenvalue weighted by atomic mass is 10.0. The van der Waals surface area contributed by atoms with E-state index in [9.17, 15) is 19.5 Å². The van der Waals surface area contributed by atoms with Crippen LogP contribution in [0.15, 0.2) is 182 Å². The number of carbonyl (C=O) groups excluding carboxylic acids is 3. The number of aliphatic carboxylic acids is 1. The molecule has 0 saturated carbocycles. The molecule has 0 bridgehead atoms. The maximum Gasteiger partial charge on any atom is 0.306 e. The third-order valence-electron chi connectivity index (χ3n) is 17.6. The Morgan fingerprint density at radius 2 is 0.524 bits per heavy atom. The lowest BCUT2D eigenvalue weighted by molar-refractivity contribution is -0.870. The molecule has 0 fully saturated rings. The van der Waals surface area contributed by atoms with Crippen LogP contribution in [-0.2, 0) is 33.3 Å². The first-order chi connectivity index (χ1) is 50.6. The fourth-order valence-corrected chi connectivity index (χ4v) is 11.4. The number of rotatable bonds is 76. The topological polar surface area (TPSA) is 111 Å². The van der Waals surface area contributed by atoms with E-state index in [0.717, 1.165) is 154 Å². The predicted molar refractivity (Wildman–Crippen MR) is 444 cm³/mol. The lowest BCUT2D eigenvalue weighted by Crippen LogP contribution is -2.44. The van der Waals surface area contributed by atoms with E-state index in [1.807, 2.05) is 21.1 Å². The third-order valence-corrected chi connectivity index (χ3v) is 17.6. The summed E-state index contributed by atoms with van der Waals surface area (Å²) in [6.07, 6.45) is 122. The van der Waals surface area contributed by atoms with Crippen LogP contribution in [0.3, 0.4) is 0 Å². The molecular formula is C94H155NO8. The van der Waals surface area contributed by atoms with Crippen molar-refractivity contribution in [1.29, 1.82) is 0 Å². The zero-order valence-corrected chi connectivity index (χ0v) is 66.9. The summed E-state index contributed by atoms with van der Waals surface area (Å²) >= 11 is 0. The minimum atomic E-state index is -1.64. The first-order valence-electron chi connectivity index (χ1n) is 41.9. The molecular weight excluding hydrogens is 1270 g/mol. The number of likely N-dealkylation sites (N-methyl/N-ethyl adjacent to an activating group) is 1. The summed E-state index contributed by atoms with van der Waals surface area (Å²) in [6.45, 7) is 4.51. The number of unbranched alkanes of at least 4 members (excludes halogenated alkanes) is 31. The van der Waals surface area contributed by atoms with Gasteiger partial charge in [0.2, 0.25) is 0 Å². The van der Waals surface area contributed by atoms with Gasteiger partial charge in [-0.1, -0.05) is 369 Å². The molecule has 0 spiro atoms. The zero-order valence-electron chi connectivity index (χ0n) is 66.9. The Morgan fingerprint density at radius 1 is 0.291 bits per heavy atom. The number of allylic oxidation sites excluding steroid dienone is 30. The number of quaternary nitrogens is 1. The van der Waals surface area contributed by atoms with Crippen molar-refractivity contribution in [2.45, 2.75) is 347 Å². The average Bonchev–Trinajstić information content (AvgIpc) is 1.16. The molecule has 103 heavy (non-hydrogen) atoms. The molecule has 2 atom stereocenters. The standard InChI is InChI=1S/C94H155NO8/c1-6-8-10-12-14-16-18-20-22-24-26-28-30-32-34-36-38-40-42-44-45-46-47-49-50-52-54-56-58-60-62-64-66-68-70-72-74-76-78-80-82-84-91(96)101-88-90(89-102-94(93(98)99)100-87-86-95(3,4)5)103-92(97)85-83-81-79-77-75-73-71-69-67-65-63-61-59-57-55-53-51-48-43-41-39-37-35-33-31-29-27-25-23-21-19-17-15-13-11-9-7-2/h8-11,14-17,20-23,26-29,32-35,39,41,48,51,55,57,61,63,67,69,90,94H,6-7,12-13,18-19,24-25,30-31,36-38,40,42-47,49-50,52-54,56,58-60,62,64-66,68,70-89H2,1-5H3/b10-8-,11-9-,16-14-,17-15-,22-20-,23-21-,28-26-,29-27-,34-32-,35-33-,41-39-,51-48-,57-55-,63-61-,69-67-. The molecule has 0 aromatic carbocycles. The van der Waals surface area contributed by atoms with Gasteiger partial charge in [-0.2, -0.15) is 0 Å². The van der Waals surface area contributed by atoms with Crippen LogP contribution >= 0.6 is 0 Å². The number of esters is 2. The van der Waals surface area contributed by atoms with Crippen LogP contribution in [0, 0.1) is 0 Å². The van der Waals surface area contributed by atoms with Crippen molar-refractivity contribution in [2.24, 2.45) is 0 Å². The SMILES string of the molecule is CC/C=C\C/C=C\C/C=C\C/C=C\C/C=C\C/C=C\C/C=C\C/C=C\C/C=C\C/C=C\CCCCCCCCC(=O)OC(COC(=O)CCCCCCCCCCCCCCCCCCCCCCCCCCC/C=C\C/C=C\C/C=C\C/C=C\C/C=C\CC)COC(OCC[N+](C)(C)C)C(=O)[O-]. The summed E-state index contributed by atoms with van der Waals surface area (Å²) in [7, 11) is 5.93. The van der Waals surface area contributed by atoms with Crippen molar-refractivity contribution in [3.05, 3.63) is 182 Å². The number of carboxylic acid groups (broad SMARTS) is 1. The van der Waals surface area contributed by atoms with Crippen molar-refractivity contribution in [2.75, 3.05) is 47.5 Å². The summed E-state index contributed by atoms with van der Waals surface area (Å²) in [6, 6.07) is 0. The fourth-order valence-electron chi connectivity index (χ4n) is 11.4. The van der Waals surface area contributed by atoms with E-state index in [0.29, 0.717) is 17.4 Å². The Labute approximate surface area is 634 Å². The first kappa shape index (κ1) is 97.4. The van der Waals surface area contributed by atoms with Gasteiger partial charge in [0.1, 0.15) is 13.2 Å². The average molecular weight is 1430 g/mol. The summed E-state index contributed by atoms with van der Waals surface area (Å²) in [5, 5.41) is 11.9. The summed E-state index contributed by atoms with van der Waals surface area (Å²) < 4.78 is 22.9. The molecule has 0 aliphatic heterocycles. The highest BCUT2D eigenvalue weighted by molar-refractivity contribution is 5.70. The molecule has 0 N–H and O–H groups in total. The molecule has 0 heterocycles. The monoisotopic (exact) mass is 1430 g/mol. The van der Waals surface area contributed by atoms with Gasteiger partial charge in [-0.25, -0.2) is 0 Å². The first-order valence-corrected chi connectivity index (χ1v) is 41.9. The predicted octanol–water partition coefficient (Wildman–Crippen LogP) is 26.1. The number of hydrogen-bond acceptors (Lipinski definition) is 8. The van der Waals surface area contributed by atoms with Crippen LogP contribution in [0.4, 0.5) is 0 Å². The van der Waals surface area contributed by atoms with E-state index in [4.69, 9.17) is 18.9 Å². The van der Waals surface area contributed by atoms with Crippen LogP contribution in [0.25, 0.3) is 0 Å². The highest BCUT2D eigenvalue weighted by Gasteiger charge is 2.22. The molecule has 584 valence electrons. The molecule has 0 amide bonds. The highest BCUT2D eigenvalue weighted by atomic mass is 16.7. The molecule has 2 unspecified atom stereocenters. The molecule has 0 saturated heterocycles. The van der Waals surface area contributed by atoms with Gasteiger partial charge < -0.3 is 33.3 Å². The molecule has 0 aromatic heterocycles. The lowest BCUT2D eigenvalue weighted by Gasteiger charge is -2.26. The van der Waals surface area contributed by atoms with Gasteiger partial charge in [-0.3, -0.25) is 9.59 Å². The number of nitrogens with zero attached hydrogens (tertiary/aromatic N) is 1. The highest BCUT2D eigenvalue weighted by Crippen LogP contribution is 2.18. The molecule has 0 rings (SSSR count). The van der Waals surface area contributed by atoms with Crippen LogP contribution in [-0.4, -0.2) is 82.3 Å². The van der Waals surface area contributed by atoms with Gasteiger partial charge in [-0.05, 0) is 135 Å². The van der Waals surface area contributed by atoms with Crippen molar-refractivity contribution in [1.82, 2.24) is 0 Å². The van der Waals surface area contributed by atoms with Crippen molar-refractivity contribution >= 4 is 17.9 Å². The molecule has 0 radical (unpaired) electrons. The van der Waals surface area contributed by atoms with E-state index in [-0.39, 0.29) is 38.6 Å². The molecule has 0 aromatic rings.